The molecule has 3 N–H and O–H groups in total. The largest absolute Gasteiger partial charge is 0.508 e. The molecule has 0 aliphatic heterocycles. The normalized spacial score (nSPS) is 9.11. The van der Waals surface area contributed by atoms with Gasteiger partial charge in [-0.15, -0.1) is 0 Å². The summed E-state index contributed by atoms with van der Waals surface area (Å²) in [5.41, 5.74) is 1.27. The van der Waals surface area contributed by atoms with E-state index in [2.05, 4.69) is 20.1 Å². The van der Waals surface area contributed by atoms with E-state index in [1.165, 1.54) is 51.9 Å². The summed E-state index contributed by atoms with van der Waals surface area (Å²) in [4.78, 5) is 18.8. The van der Waals surface area contributed by atoms with Gasteiger partial charge in [0.05, 0.1) is 0 Å². The first kappa shape index (κ1) is 26.7. The first-order valence-electron chi connectivity index (χ1n) is 9.27. The number of aryl methyl sites for hydroxylation is 1. The Balaban J connectivity index is 0. The minimum Gasteiger partial charge on any atom is -0.508 e. The van der Waals surface area contributed by atoms with E-state index in [9.17, 15) is 14.7 Å². The zero-order valence-corrected chi connectivity index (χ0v) is 16.6. The minimum absolute atomic E-state index is 0.176. The number of phenols is 1. The molecule has 0 amide bonds. The van der Waals surface area contributed by atoms with E-state index in [0.29, 0.717) is 5.75 Å². The average molecular weight is 379 g/mol. The summed E-state index contributed by atoms with van der Waals surface area (Å²) in [6, 6.07) is 7.67. The fraction of sp³-hybridized carbons (Fsp3) is 0.455. The van der Waals surface area contributed by atoms with Crippen LogP contribution < -0.4 is 0 Å². The maximum absolute atomic E-state index is 9.60. The summed E-state index contributed by atoms with van der Waals surface area (Å²) < 4.78 is 0. The second kappa shape index (κ2) is 18.2. The van der Waals surface area contributed by atoms with Gasteiger partial charge in [0, 0.05) is 11.6 Å². The molecule has 0 aliphatic rings. The number of hydrogen-bond donors (Lipinski definition) is 3. The van der Waals surface area contributed by atoms with Gasteiger partial charge in [-0.2, -0.15) is 0 Å². The predicted octanol–water partition coefficient (Wildman–Crippen LogP) is 5.59. The van der Waals surface area contributed by atoms with Gasteiger partial charge in [0.1, 0.15) is 5.75 Å². The lowest BCUT2D eigenvalue weighted by molar-refractivity contribution is -0.133. The Bertz CT molecular complexity index is 552. The van der Waals surface area contributed by atoms with Crippen LogP contribution in [0.2, 0.25) is 0 Å². The van der Waals surface area contributed by atoms with E-state index in [4.69, 9.17) is 10.2 Å². The lowest BCUT2D eigenvalue weighted by Crippen LogP contribution is -1.92. The zero-order chi connectivity index (χ0) is 21.1. The molecule has 5 nitrogen and oxygen atoms in total. The highest BCUT2D eigenvalue weighted by Gasteiger charge is 1.98. The molecule has 1 rings (SSSR count). The van der Waals surface area contributed by atoms with Crippen LogP contribution in [0.1, 0.15) is 64.4 Å². The summed E-state index contributed by atoms with van der Waals surface area (Å²) in [5, 5.41) is 25.1. The Hall–Kier alpha value is -2.56. The lowest BCUT2D eigenvalue weighted by Gasteiger charge is -2.04. The molecule has 27 heavy (non-hydrogen) atoms. The van der Waals surface area contributed by atoms with Crippen LogP contribution in [0.4, 0.5) is 0 Å². The first-order valence-corrected chi connectivity index (χ1v) is 9.27. The van der Waals surface area contributed by atoms with Crippen molar-refractivity contribution in [2.45, 2.75) is 65.2 Å². The van der Waals surface area contributed by atoms with Gasteiger partial charge in [-0.25, -0.2) is 9.59 Å². The standard InChI is InChI=1S/C15H24O.C4H6O2.C3H4O2/c1-2-3-4-5-6-7-8-11-14-12-9-10-13-15(14)16;1-3(2)4(5)6;1-2-3(4)5/h9-10,12-13,16H,2-8,11H2,1H3;1H2,2H3,(H,5,6);2H,1H2,(H,4,5). The summed E-state index contributed by atoms with van der Waals surface area (Å²) in [6.45, 7) is 9.81. The molecule has 1 aromatic rings. The number of carbonyl (C=O) groups is 2. The Morgan fingerprint density at radius 2 is 1.44 bits per heavy atom. The van der Waals surface area contributed by atoms with Crippen molar-refractivity contribution >= 4 is 11.9 Å². The fourth-order valence-electron chi connectivity index (χ4n) is 1.99. The van der Waals surface area contributed by atoms with Crippen LogP contribution in [0.3, 0.4) is 0 Å². The molecule has 0 saturated carbocycles. The van der Waals surface area contributed by atoms with Gasteiger partial charge < -0.3 is 15.3 Å². The molecule has 0 radical (unpaired) electrons. The average Bonchev–Trinajstić information content (AvgIpc) is 2.63. The second-order valence-corrected chi connectivity index (χ2v) is 6.13. The Morgan fingerprint density at radius 3 is 1.85 bits per heavy atom. The predicted molar refractivity (Wildman–Crippen MR) is 110 cm³/mol. The van der Waals surface area contributed by atoms with Crippen LogP contribution in [-0.4, -0.2) is 27.3 Å². The minimum atomic E-state index is -0.981. The number of aromatic hydroxyl groups is 1. The Labute approximate surface area is 163 Å². The summed E-state index contributed by atoms with van der Waals surface area (Å²) in [6.07, 6.45) is 11.1. The SMILES string of the molecule is C=C(C)C(=O)O.C=CC(=O)O.CCCCCCCCCc1ccccc1O. The number of carboxylic acids is 2. The third-order valence-corrected chi connectivity index (χ3v) is 3.58. The van der Waals surface area contributed by atoms with E-state index in [1.807, 2.05) is 18.2 Å². The quantitative estimate of drug-likeness (QED) is 0.364. The van der Waals surface area contributed by atoms with Crippen molar-refractivity contribution < 1.29 is 24.9 Å². The number of phenolic OH excluding ortho intramolecular Hbond substituents is 1. The van der Waals surface area contributed by atoms with E-state index in [-0.39, 0.29) is 5.57 Å². The number of hydrogen-bond acceptors (Lipinski definition) is 3. The Kier molecular flexibility index (Phi) is 18.0. The maximum Gasteiger partial charge on any atom is 0.330 e. The summed E-state index contributed by atoms with van der Waals surface area (Å²) in [7, 11) is 0. The van der Waals surface area contributed by atoms with E-state index < -0.39 is 11.9 Å². The number of unbranched alkanes of at least 4 members (excludes halogenated alkanes) is 6. The first-order chi connectivity index (χ1) is 12.8. The topological polar surface area (TPSA) is 94.8 Å². The molecule has 0 spiro atoms. The van der Waals surface area contributed by atoms with E-state index in [0.717, 1.165) is 18.1 Å². The van der Waals surface area contributed by atoms with Crippen molar-refractivity contribution in [3.8, 4) is 5.75 Å². The molecule has 5 heteroatoms. The number of aliphatic carboxylic acids is 2. The van der Waals surface area contributed by atoms with Crippen molar-refractivity contribution in [1.82, 2.24) is 0 Å². The zero-order valence-electron chi connectivity index (χ0n) is 16.6. The van der Waals surface area contributed by atoms with Gasteiger partial charge in [0.25, 0.3) is 0 Å². The molecule has 0 fully saturated rings. The number of carboxylic acid groups (broad SMARTS) is 2. The van der Waals surface area contributed by atoms with Gasteiger partial charge in [0.2, 0.25) is 0 Å². The van der Waals surface area contributed by atoms with Crippen molar-refractivity contribution in [2.75, 3.05) is 0 Å². The molecule has 152 valence electrons. The van der Waals surface area contributed by atoms with Crippen LogP contribution in [-0.2, 0) is 16.0 Å². The molecular weight excluding hydrogens is 344 g/mol. The number of benzene rings is 1. The molecule has 0 bridgehead atoms. The summed E-state index contributed by atoms with van der Waals surface area (Å²) >= 11 is 0. The monoisotopic (exact) mass is 378 g/mol. The van der Waals surface area contributed by atoms with Crippen molar-refractivity contribution in [2.24, 2.45) is 0 Å². The van der Waals surface area contributed by atoms with Crippen LogP contribution in [0.5, 0.6) is 5.75 Å². The highest BCUT2D eigenvalue weighted by atomic mass is 16.4. The lowest BCUT2D eigenvalue weighted by atomic mass is 10.0. The van der Waals surface area contributed by atoms with Crippen molar-refractivity contribution in [3.05, 3.63) is 54.6 Å². The van der Waals surface area contributed by atoms with E-state index in [1.54, 1.807) is 6.07 Å². The molecule has 0 unspecified atom stereocenters. The van der Waals surface area contributed by atoms with Crippen LogP contribution >= 0.6 is 0 Å². The second-order valence-electron chi connectivity index (χ2n) is 6.13. The highest BCUT2D eigenvalue weighted by molar-refractivity contribution is 5.84. The maximum atomic E-state index is 9.60. The fourth-order valence-corrected chi connectivity index (χ4v) is 1.99. The summed E-state index contributed by atoms with van der Waals surface area (Å²) in [5.74, 6) is -1.46. The molecule has 0 aliphatic carbocycles. The van der Waals surface area contributed by atoms with Gasteiger partial charge in [0.15, 0.2) is 0 Å². The molecule has 1 aromatic carbocycles. The third kappa shape index (κ3) is 19.6. The third-order valence-electron chi connectivity index (χ3n) is 3.58. The van der Waals surface area contributed by atoms with Gasteiger partial charge in [-0.3, -0.25) is 0 Å². The van der Waals surface area contributed by atoms with E-state index >= 15 is 0 Å². The van der Waals surface area contributed by atoms with Crippen LogP contribution in [0.25, 0.3) is 0 Å². The van der Waals surface area contributed by atoms with Crippen LogP contribution in [0.15, 0.2) is 49.1 Å². The molecule has 0 atom stereocenters. The smallest absolute Gasteiger partial charge is 0.330 e. The molecular formula is C22H34O5. The molecule has 0 saturated heterocycles. The van der Waals surface area contributed by atoms with Crippen molar-refractivity contribution in [1.29, 1.82) is 0 Å². The molecule has 0 aromatic heterocycles. The van der Waals surface area contributed by atoms with Crippen LogP contribution in [0, 0.1) is 0 Å². The number of rotatable bonds is 10. The number of para-hydroxylation sites is 1. The van der Waals surface area contributed by atoms with Gasteiger partial charge >= 0.3 is 11.9 Å². The highest BCUT2D eigenvalue weighted by Crippen LogP contribution is 2.18. The van der Waals surface area contributed by atoms with Crippen molar-refractivity contribution in [3.63, 3.8) is 0 Å². The van der Waals surface area contributed by atoms with Gasteiger partial charge in [-0.05, 0) is 31.4 Å². The Morgan fingerprint density at radius 1 is 1.00 bits per heavy atom. The van der Waals surface area contributed by atoms with Gasteiger partial charge in [-0.1, -0.05) is 76.8 Å². The molecule has 0 heterocycles.